The average molecular weight is 454 g/mol. The van der Waals surface area contributed by atoms with Crippen molar-refractivity contribution < 1.29 is 4.79 Å². The largest absolute Gasteiger partial charge is 0.383 e. The van der Waals surface area contributed by atoms with E-state index in [4.69, 9.17) is 5.73 Å². The summed E-state index contributed by atoms with van der Waals surface area (Å²) in [4.78, 5) is 43.2. The molecule has 3 aromatic rings. The van der Waals surface area contributed by atoms with Crippen LogP contribution in [-0.4, -0.2) is 50.3 Å². The van der Waals surface area contributed by atoms with Crippen LogP contribution in [0.15, 0.2) is 52.3 Å². The van der Waals surface area contributed by atoms with Crippen LogP contribution >= 0.6 is 0 Å². The number of benzene rings is 1. The lowest BCUT2D eigenvalue weighted by atomic mass is 10.3. The molecule has 2 aromatic heterocycles. The van der Waals surface area contributed by atoms with Gasteiger partial charge in [0.1, 0.15) is 11.5 Å². The van der Waals surface area contributed by atoms with Crippen LogP contribution in [0.25, 0.3) is 5.69 Å². The van der Waals surface area contributed by atoms with Gasteiger partial charge in [0.15, 0.2) is 0 Å². The molecule has 10 nitrogen and oxygen atoms in total. The highest BCUT2D eigenvalue weighted by molar-refractivity contribution is 5.82. The molecule has 0 saturated carbocycles. The molecule has 0 aliphatic rings. The zero-order valence-electron chi connectivity index (χ0n) is 19.3. The number of nitrogens with zero attached hydrogens (tertiary/aromatic N) is 5. The topological polar surface area (TPSA) is 122 Å². The third kappa shape index (κ3) is 5.51. The third-order valence-corrected chi connectivity index (χ3v) is 5.48. The first-order chi connectivity index (χ1) is 15.8. The predicted molar refractivity (Wildman–Crippen MR) is 129 cm³/mol. The molecule has 0 aliphatic heterocycles. The lowest BCUT2D eigenvalue weighted by Gasteiger charge is -2.26. The summed E-state index contributed by atoms with van der Waals surface area (Å²) in [5.74, 6) is -0.104. The van der Waals surface area contributed by atoms with Crippen molar-refractivity contribution in [3.63, 3.8) is 0 Å². The van der Waals surface area contributed by atoms with E-state index in [0.29, 0.717) is 19.6 Å². The first-order valence-corrected chi connectivity index (χ1v) is 11.1. The van der Waals surface area contributed by atoms with E-state index in [1.54, 1.807) is 27.7 Å². The molecule has 0 fully saturated rings. The van der Waals surface area contributed by atoms with Crippen molar-refractivity contribution in [1.82, 2.24) is 24.2 Å². The van der Waals surface area contributed by atoms with E-state index >= 15 is 0 Å². The Hall–Kier alpha value is -3.82. The zero-order valence-corrected chi connectivity index (χ0v) is 19.3. The van der Waals surface area contributed by atoms with Gasteiger partial charge in [-0.1, -0.05) is 31.5 Å². The summed E-state index contributed by atoms with van der Waals surface area (Å²) in [6, 6.07) is 9.71. The van der Waals surface area contributed by atoms with E-state index in [-0.39, 0.29) is 24.0 Å². The monoisotopic (exact) mass is 453 g/mol. The molecule has 0 unspecified atom stereocenters. The van der Waals surface area contributed by atoms with Crippen molar-refractivity contribution >= 4 is 17.4 Å². The number of H-pyrrole nitrogens is 1. The molecular weight excluding hydrogens is 422 g/mol. The SMILES string of the molecule is CCCCn1c(N)c(N(CC)CC(=O)N(C)Cc2cnn(-c3ccccc3)c2)c(=O)[nH]c1=O. The molecule has 176 valence electrons. The lowest BCUT2D eigenvalue weighted by Crippen LogP contribution is -2.43. The molecule has 33 heavy (non-hydrogen) atoms. The Labute approximate surface area is 192 Å². The number of carbonyl (C=O) groups is 1. The van der Waals surface area contributed by atoms with Gasteiger partial charge in [-0.15, -0.1) is 0 Å². The van der Waals surface area contributed by atoms with E-state index in [1.807, 2.05) is 50.4 Å². The highest BCUT2D eigenvalue weighted by atomic mass is 16.2. The number of amides is 1. The molecule has 0 spiro atoms. The van der Waals surface area contributed by atoms with E-state index in [0.717, 1.165) is 24.1 Å². The van der Waals surface area contributed by atoms with E-state index in [9.17, 15) is 14.4 Å². The molecule has 0 saturated heterocycles. The highest BCUT2D eigenvalue weighted by Crippen LogP contribution is 2.17. The first-order valence-electron chi connectivity index (χ1n) is 11.1. The second kappa shape index (κ2) is 10.7. The quantitative estimate of drug-likeness (QED) is 0.481. The van der Waals surface area contributed by atoms with E-state index in [2.05, 4.69) is 10.1 Å². The number of nitrogens with two attached hydrogens (primary N) is 1. The van der Waals surface area contributed by atoms with Crippen molar-refractivity contribution in [3.8, 4) is 5.69 Å². The number of hydrogen-bond donors (Lipinski definition) is 2. The van der Waals surface area contributed by atoms with Crippen LogP contribution < -0.4 is 21.9 Å². The molecule has 0 atom stereocenters. The van der Waals surface area contributed by atoms with Gasteiger partial charge in [-0.25, -0.2) is 9.48 Å². The summed E-state index contributed by atoms with van der Waals surface area (Å²) < 4.78 is 3.11. The number of hydrogen-bond acceptors (Lipinski definition) is 6. The summed E-state index contributed by atoms with van der Waals surface area (Å²) >= 11 is 0. The van der Waals surface area contributed by atoms with Crippen LogP contribution in [0, 0.1) is 0 Å². The third-order valence-electron chi connectivity index (χ3n) is 5.48. The van der Waals surface area contributed by atoms with Crippen molar-refractivity contribution in [3.05, 3.63) is 69.1 Å². The second-order valence-electron chi connectivity index (χ2n) is 7.89. The summed E-state index contributed by atoms with van der Waals surface area (Å²) in [5.41, 5.74) is 7.03. The summed E-state index contributed by atoms with van der Waals surface area (Å²) in [7, 11) is 1.70. The molecule has 3 N–H and O–H groups in total. The zero-order chi connectivity index (χ0) is 24.0. The molecule has 0 aliphatic carbocycles. The number of nitrogen functional groups attached to an aromatic ring is 1. The Morgan fingerprint density at radius 3 is 2.58 bits per heavy atom. The minimum absolute atomic E-state index is 0.0426. The van der Waals surface area contributed by atoms with E-state index in [1.165, 1.54) is 4.57 Å². The van der Waals surface area contributed by atoms with Crippen LogP contribution in [0.4, 0.5) is 11.5 Å². The molecule has 1 amide bonds. The van der Waals surface area contributed by atoms with Gasteiger partial charge in [0.2, 0.25) is 5.91 Å². The number of aromatic amines is 1. The van der Waals surface area contributed by atoms with Crippen molar-refractivity contribution in [1.29, 1.82) is 0 Å². The first kappa shape index (κ1) is 23.8. The maximum atomic E-state index is 12.9. The lowest BCUT2D eigenvalue weighted by molar-refractivity contribution is -0.128. The number of anilines is 2. The Balaban J connectivity index is 1.74. The van der Waals surface area contributed by atoms with Gasteiger partial charge in [-0.05, 0) is 25.5 Å². The van der Waals surface area contributed by atoms with Gasteiger partial charge in [0.05, 0.1) is 18.4 Å². The predicted octanol–water partition coefficient (Wildman–Crippen LogP) is 1.59. The number of nitrogens with one attached hydrogen (secondary N) is 1. The Morgan fingerprint density at radius 1 is 1.18 bits per heavy atom. The second-order valence-corrected chi connectivity index (χ2v) is 7.89. The van der Waals surface area contributed by atoms with Gasteiger partial charge >= 0.3 is 5.69 Å². The van der Waals surface area contributed by atoms with Gasteiger partial charge in [-0.2, -0.15) is 5.10 Å². The number of rotatable bonds is 10. The molecular formula is C23H31N7O3. The fourth-order valence-electron chi connectivity index (χ4n) is 3.58. The number of para-hydroxylation sites is 1. The molecule has 3 rings (SSSR count). The molecule has 10 heteroatoms. The smallest absolute Gasteiger partial charge is 0.330 e. The molecule has 1 aromatic carbocycles. The van der Waals surface area contributed by atoms with Gasteiger partial charge in [-0.3, -0.25) is 19.1 Å². The maximum absolute atomic E-state index is 12.9. The van der Waals surface area contributed by atoms with Crippen LogP contribution in [0.3, 0.4) is 0 Å². The number of aromatic nitrogens is 4. The van der Waals surface area contributed by atoms with Crippen LogP contribution in [0.2, 0.25) is 0 Å². The summed E-state index contributed by atoms with van der Waals surface area (Å²) in [6.07, 6.45) is 5.23. The highest BCUT2D eigenvalue weighted by Gasteiger charge is 2.21. The van der Waals surface area contributed by atoms with Crippen LogP contribution in [-0.2, 0) is 17.9 Å². The van der Waals surface area contributed by atoms with Crippen LogP contribution in [0.1, 0.15) is 32.3 Å². The normalized spacial score (nSPS) is 10.9. The Bertz CT molecular complexity index is 1200. The number of unbranched alkanes of at least 4 members (excludes halogenated alkanes) is 1. The van der Waals surface area contributed by atoms with Gasteiger partial charge in [0, 0.05) is 38.4 Å². The molecule has 0 radical (unpaired) electrons. The minimum Gasteiger partial charge on any atom is -0.383 e. The Kier molecular flexibility index (Phi) is 7.70. The fourth-order valence-corrected chi connectivity index (χ4v) is 3.58. The maximum Gasteiger partial charge on any atom is 0.330 e. The average Bonchev–Trinajstić information content (AvgIpc) is 3.27. The standard InChI is InChI=1S/C23H31N7O3/c1-4-6-12-29-21(24)20(22(32)26-23(29)33)28(5-2)16-19(31)27(3)14-17-13-25-30(15-17)18-10-8-7-9-11-18/h7-11,13,15H,4-6,12,14,16,24H2,1-3H3,(H,26,32,33). The van der Waals surface area contributed by atoms with Crippen molar-refractivity contribution in [2.75, 3.05) is 30.8 Å². The van der Waals surface area contributed by atoms with Gasteiger partial charge in [0.25, 0.3) is 5.56 Å². The van der Waals surface area contributed by atoms with E-state index < -0.39 is 11.2 Å². The van der Waals surface area contributed by atoms with Crippen LogP contribution in [0.5, 0.6) is 0 Å². The fraction of sp³-hybridized carbons (Fsp3) is 0.391. The van der Waals surface area contributed by atoms with Crippen molar-refractivity contribution in [2.24, 2.45) is 0 Å². The van der Waals surface area contributed by atoms with Crippen molar-refractivity contribution in [2.45, 2.75) is 39.8 Å². The van der Waals surface area contributed by atoms with Gasteiger partial charge < -0.3 is 15.5 Å². The Morgan fingerprint density at radius 2 is 1.91 bits per heavy atom. The molecule has 0 bridgehead atoms. The summed E-state index contributed by atoms with van der Waals surface area (Å²) in [6.45, 7) is 4.94. The minimum atomic E-state index is -0.591. The summed E-state index contributed by atoms with van der Waals surface area (Å²) in [5, 5.41) is 4.36. The number of carbonyl (C=O) groups excluding carboxylic acids is 1. The molecule has 2 heterocycles. The number of likely N-dealkylation sites (N-methyl/N-ethyl adjacent to an activating group) is 2.